The van der Waals surface area contributed by atoms with E-state index >= 15 is 0 Å². The van der Waals surface area contributed by atoms with Gasteiger partial charge in [0, 0.05) is 13.7 Å². The van der Waals surface area contributed by atoms with Gasteiger partial charge in [-0.3, -0.25) is 4.79 Å². The smallest absolute Gasteiger partial charge is 0.257 e. The maximum absolute atomic E-state index is 13.3. The lowest BCUT2D eigenvalue weighted by Crippen LogP contribution is -2.44. The summed E-state index contributed by atoms with van der Waals surface area (Å²) in [6.07, 6.45) is 0. The Labute approximate surface area is 104 Å². The second-order valence-corrected chi connectivity index (χ2v) is 4.21. The predicted molar refractivity (Wildman–Crippen MR) is 61.2 cm³/mol. The van der Waals surface area contributed by atoms with Gasteiger partial charge < -0.3 is 15.2 Å². The molecule has 0 saturated heterocycles. The molecule has 0 radical (unpaired) electrons. The van der Waals surface area contributed by atoms with E-state index in [1.165, 1.54) is 20.1 Å². The number of benzene rings is 1. The van der Waals surface area contributed by atoms with Crippen molar-refractivity contribution in [2.75, 3.05) is 20.3 Å². The van der Waals surface area contributed by atoms with Crippen molar-refractivity contribution in [2.24, 2.45) is 0 Å². The molecule has 0 saturated carbocycles. The summed E-state index contributed by atoms with van der Waals surface area (Å²) in [4.78, 5) is 11.6. The Hall–Kier alpha value is -1.53. The maximum atomic E-state index is 13.3. The van der Waals surface area contributed by atoms with Gasteiger partial charge in [0.15, 0.2) is 0 Å². The molecular formula is C12H15F2NO3. The quantitative estimate of drug-likeness (QED) is 0.832. The van der Waals surface area contributed by atoms with Crippen LogP contribution in [0.4, 0.5) is 8.78 Å². The number of aliphatic hydroxyl groups is 1. The van der Waals surface area contributed by atoms with Crippen molar-refractivity contribution >= 4 is 5.91 Å². The minimum absolute atomic E-state index is 0.00691. The second kappa shape index (κ2) is 5.88. The van der Waals surface area contributed by atoms with E-state index in [1.807, 2.05) is 0 Å². The van der Waals surface area contributed by atoms with Crippen LogP contribution >= 0.6 is 0 Å². The number of ether oxygens (including phenoxy) is 1. The van der Waals surface area contributed by atoms with E-state index < -0.39 is 28.7 Å². The second-order valence-electron chi connectivity index (χ2n) is 4.21. The van der Waals surface area contributed by atoms with Crippen molar-refractivity contribution < 1.29 is 23.4 Å². The highest BCUT2D eigenvalue weighted by atomic mass is 19.1. The van der Waals surface area contributed by atoms with Gasteiger partial charge in [-0.25, -0.2) is 8.78 Å². The highest BCUT2D eigenvalue weighted by Crippen LogP contribution is 2.12. The molecule has 1 aromatic carbocycles. The van der Waals surface area contributed by atoms with Crippen LogP contribution in [0.2, 0.25) is 0 Å². The average molecular weight is 259 g/mol. The van der Waals surface area contributed by atoms with Crippen LogP contribution in [0.1, 0.15) is 17.3 Å². The van der Waals surface area contributed by atoms with Gasteiger partial charge in [0.2, 0.25) is 0 Å². The zero-order valence-electron chi connectivity index (χ0n) is 10.2. The maximum Gasteiger partial charge on any atom is 0.257 e. The van der Waals surface area contributed by atoms with Crippen LogP contribution in [0.15, 0.2) is 18.2 Å². The van der Waals surface area contributed by atoms with Gasteiger partial charge >= 0.3 is 0 Å². The lowest BCUT2D eigenvalue weighted by molar-refractivity contribution is -0.0147. The normalized spacial score (nSPS) is 14.1. The van der Waals surface area contributed by atoms with Gasteiger partial charge in [0.1, 0.15) is 22.8 Å². The molecule has 0 fully saturated rings. The van der Waals surface area contributed by atoms with E-state index in [0.29, 0.717) is 0 Å². The highest BCUT2D eigenvalue weighted by Gasteiger charge is 2.23. The first-order valence-corrected chi connectivity index (χ1v) is 5.31. The van der Waals surface area contributed by atoms with Crippen LogP contribution in [0.25, 0.3) is 0 Å². The molecule has 1 rings (SSSR count). The molecule has 1 amide bonds. The molecule has 0 aliphatic heterocycles. The number of halogens is 2. The molecule has 100 valence electrons. The molecule has 0 spiro atoms. The largest absolute Gasteiger partial charge is 0.386 e. The van der Waals surface area contributed by atoms with E-state index in [2.05, 4.69) is 5.32 Å². The van der Waals surface area contributed by atoms with E-state index in [-0.39, 0.29) is 13.2 Å². The zero-order chi connectivity index (χ0) is 13.8. The van der Waals surface area contributed by atoms with Gasteiger partial charge in [-0.1, -0.05) is 6.07 Å². The number of hydrogen-bond acceptors (Lipinski definition) is 3. The summed E-state index contributed by atoms with van der Waals surface area (Å²) in [7, 11) is 1.40. The molecular weight excluding hydrogens is 244 g/mol. The zero-order valence-corrected chi connectivity index (χ0v) is 10.2. The Morgan fingerprint density at radius 1 is 1.44 bits per heavy atom. The average Bonchev–Trinajstić information content (AvgIpc) is 2.26. The first-order valence-electron chi connectivity index (χ1n) is 5.31. The Morgan fingerprint density at radius 3 is 2.50 bits per heavy atom. The third-order valence-corrected chi connectivity index (χ3v) is 2.27. The van der Waals surface area contributed by atoms with E-state index in [0.717, 1.165) is 12.1 Å². The number of carbonyl (C=O) groups excluding carboxylic acids is 1. The van der Waals surface area contributed by atoms with E-state index in [4.69, 9.17) is 4.74 Å². The minimum atomic E-state index is -1.30. The number of amides is 1. The molecule has 1 atom stereocenters. The van der Waals surface area contributed by atoms with E-state index in [9.17, 15) is 18.7 Å². The van der Waals surface area contributed by atoms with Crippen molar-refractivity contribution in [2.45, 2.75) is 12.5 Å². The number of nitrogens with one attached hydrogen (secondary N) is 1. The summed E-state index contributed by atoms with van der Waals surface area (Å²) in [6, 6.07) is 3.15. The number of rotatable bonds is 5. The summed E-state index contributed by atoms with van der Waals surface area (Å²) in [6.45, 7) is 1.26. The monoisotopic (exact) mass is 259 g/mol. The number of methoxy groups -OCH3 is 1. The Balaban J connectivity index is 2.72. The van der Waals surface area contributed by atoms with Crippen LogP contribution in [0.5, 0.6) is 0 Å². The van der Waals surface area contributed by atoms with Gasteiger partial charge in [-0.15, -0.1) is 0 Å². The Bertz CT molecular complexity index is 415. The topological polar surface area (TPSA) is 58.6 Å². The molecule has 0 aromatic heterocycles. The summed E-state index contributed by atoms with van der Waals surface area (Å²) in [5.74, 6) is -2.81. The fourth-order valence-corrected chi connectivity index (χ4v) is 1.44. The van der Waals surface area contributed by atoms with Crippen LogP contribution in [-0.4, -0.2) is 36.9 Å². The summed E-state index contributed by atoms with van der Waals surface area (Å²) in [5.41, 5.74) is -1.96. The molecule has 0 unspecified atom stereocenters. The SMILES string of the molecule is COC[C@](C)(O)CNC(=O)c1c(F)cccc1F. The third kappa shape index (κ3) is 3.75. The summed E-state index contributed by atoms with van der Waals surface area (Å²) in [5, 5.41) is 12.0. The van der Waals surface area contributed by atoms with Crippen LogP contribution in [0.3, 0.4) is 0 Å². The van der Waals surface area contributed by atoms with Gasteiger partial charge in [-0.05, 0) is 19.1 Å². The molecule has 2 N–H and O–H groups in total. The standard InChI is InChI=1S/C12H15F2NO3/c1-12(17,7-18-2)6-15-11(16)10-8(13)4-3-5-9(10)14/h3-5,17H,6-7H2,1-2H3,(H,15,16)/t12-/m1/s1. The lowest BCUT2D eigenvalue weighted by atomic mass is 10.1. The molecule has 0 bridgehead atoms. The third-order valence-electron chi connectivity index (χ3n) is 2.27. The van der Waals surface area contributed by atoms with Crippen LogP contribution in [0, 0.1) is 11.6 Å². The van der Waals surface area contributed by atoms with E-state index in [1.54, 1.807) is 0 Å². The molecule has 0 aliphatic rings. The first-order chi connectivity index (χ1) is 8.37. The van der Waals surface area contributed by atoms with Crippen molar-refractivity contribution in [3.05, 3.63) is 35.4 Å². The van der Waals surface area contributed by atoms with Crippen molar-refractivity contribution in [3.63, 3.8) is 0 Å². The number of hydrogen-bond donors (Lipinski definition) is 2. The summed E-state index contributed by atoms with van der Waals surface area (Å²) < 4.78 is 31.3. The Kier molecular flexibility index (Phi) is 4.75. The van der Waals surface area contributed by atoms with Crippen molar-refractivity contribution in [3.8, 4) is 0 Å². The van der Waals surface area contributed by atoms with Gasteiger partial charge in [0.25, 0.3) is 5.91 Å². The summed E-state index contributed by atoms with van der Waals surface area (Å²) >= 11 is 0. The molecule has 18 heavy (non-hydrogen) atoms. The van der Waals surface area contributed by atoms with Crippen LogP contribution in [-0.2, 0) is 4.74 Å². The molecule has 0 heterocycles. The number of carbonyl (C=O) groups is 1. The van der Waals surface area contributed by atoms with Crippen molar-refractivity contribution in [1.29, 1.82) is 0 Å². The molecule has 6 heteroatoms. The van der Waals surface area contributed by atoms with Crippen molar-refractivity contribution in [1.82, 2.24) is 5.32 Å². The molecule has 0 aliphatic carbocycles. The van der Waals surface area contributed by atoms with Crippen LogP contribution < -0.4 is 5.32 Å². The fraction of sp³-hybridized carbons (Fsp3) is 0.417. The minimum Gasteiger partial charge on any atom is -0.386 e. The Morgan fingerprint density at radius 2 is 2.00 bits per heavy atom. The fourth-order valence-electron chi connectivity index (χ4n) is 1.44. The van der Waals surface area contributed by atoms with Gasteiger partial charge in [0.05, 0.1) is 6.61 Å². The highest BCUT2D eigenvalue weighted by molar-refractivity contribution is 5.94. The lowest BCUT2D eigenvalue weighted by Gasteiger charge is -2.22. The molecule has 1 aromatic rings. The predicted octanol–water partition coefficient (Wildman–Crippen LogP) is 1.09. The first kappa shape index (κ1) is 14.5. The van der Waals surface area contributed by atoms with Gasteiger partial charge in [-0.2, -0.15) is 0 Å². The molecule has 4 nitrogen and oxygen atoms in total.